The number of carbonyl (C=O) groups is 2. The highest BCUT2D eigenvalue weighted by molar-refractivity contribution is 6.30. The van der Waals surface area contributed by atoms with Crippen molar-refractivity contribution in [1.29, 1.82) is 0 Å². The Morgan fingerprint density at radius 2 is 2.18 bits per heavy atom. The molecule has 0 bridgehead atoms. The number of amides is 1. The van der Waals surface area contributed by atoms with E-state index in [4.69, 9.17) is 26.2 Å². The van der Waals surface area contributed by atoms with Crippen molar-refractivity contribution in [3.05, 3.63) is 28.8 Å². The van der Waals surface area contributed by atoms with Crippen molar-refractivity contribution in [2.75, 3.05) is 19.7 Å². The quantitative estimate of drug-likeness (QED) is 0.911. The van der Waals surface area contributed by atoms with Gasteiger partial charge in [-0.1, -0.05) is 11.6 Å². The summed E-state index contributed by atoms with van der Waals surface area (Å²) in [5.41, 5.74) is 0.832. The fourth-order valence-electron chi connectivity index (χ4n) is 2.30. The number of morpholine rings is 1. The third-order valence-electron chi connectivity index (χ3n) is 3.38. The predicted octanol–water partition coefficient (Wildman–Crippen LogP) is 1.73. The minimum atomic E-state index is -1.07. The fraction of sp³-hybridized carbons (Fsp3) is 0.467. The molecule has 0 spiro atoms. The molecule has 2 rings (SSSR count). The van der Waals surface area contributed by atoms with E-state index in [1.54, 1.807) is 25.1 Å². The number of ether oxygens (including phenoxy) is 2. The number of hydrogen-bond donors (Lipinski definition) is 1. The molecule has 0 aliphatic carbocycles. The molecule has 1 heterocycles. The first-order valence-corrected chi connectivity index (χ1v) is 7.29. The summed E-state index contributed by atoms with van der Waals surface area (Å²) in [5.74, 6) is -0.761. The third-order valence-corrected chi connectivity index (χ3v) is 3.61. The van der Waals surface area contributed by atoms with Crippen molar-refractivity contribution in [2.24, 2.45) is 0 Å². The zero-order valence-electron chi connectivity index (χ0n) is 12.4. The number of carbonyl (C=O) groups excluding carboxylic acids is 1. The first-order valence-electron chi connectivity index (χ1n) is 6.92. The monoisotopic (exact) mass is 327 g/mol. The number of benzene rings is 1. The second kappa shape index (κ2) is 6.98. The average molecular weight is 328 g/mol. The normalized spacial score (nSPS) is 21.5. The summed E-state index contributed by atoms with van der Waals surface area (Å²) in [6.07, 6.45) is -1.32. The summed E-state index contributed by atoms with van der Waals surface area (Å²) in [7, 11) is 0. The second-order valence-corrected chi connectivity index (χ2v) is 5.71. The Labute approximate surface area is 133 Å². The Hall–Kier alpha value is -1.79. The van der Waals surface area contributed by atoms with Crippen LogP contribution in [0.25, 0.3) is 0 Å². The molecule has 0 saturated carbocycles. The van der Waals surface area contributed by atoms with Gasteiger partial charge < -0.3 is 19.5 Å². The fourth-order valence-corrected chi connectivity index (χ4v) is 2.52. The average Bonchev–Trinajstić information content (AvgIpc) is 2.45. The highest BCUT2D eigenvalue weighted by atomic mass is 35.5. The number of carboxylic acids is 1. The molecule has 0 radical (unpaired) electrons. The first-order chi connectivity index (χ1) is 10.4. The van der Waals surface area contributed by atoms with Gasteiger partial charge in [0.1, 0.15) is 5.75 Å². The highest BCUT2D eigenvalue weighted by Gasteiger charge is 2.32. The van der Waals surface area contributed by atoms with Gasteiger partial charge in [0.25, 0.3) is 5.91 Å². The van der Waals surface area contributed by atoms with E-state index in [1.165, 1.54) is 4.90 Å². The van der Waals surface area contributed by atoms with Crippen molar-refractivity contribution in [1.82, 2.24) is 4.90 Å². The molecule has 2 atom stereocenters. The molecule has 22 heavy (non-hydrogen) atoms. The van der Waals surface area contributed by atoms with Gasteiger partial charge in [-0.25, -0.2) is 4.79 Å². The number of rotatable bonds is 4. The predicted molar refractivity (Wildman–Crippen MR) is 80.2 cm³/mol. The van der Waals surface area contributed by atoms with Gasteiger partial charge >= 0.3 is 5.97 Å². The molecule has 0 aromatic heterocycles. The van der Waals surface area contributed by atoms with Crippen molar-refractivity contribution in [3.8, 4) is 5.75 Å². The van der Waals surface area contributed by atoms with Crippen LogP contribution >= 0.6 is 11.6 Å². The number of halogens is 1. The van der Waals surface area contributed by atoms with Crippen LogP contribution in [0.3, 0.4) is 0 Å². The number of carboxylic acid groups (broad SMARTS) is 1. The van der Waals surface area contributed by atoms with Crippen LogP contribution in [0, 0.1) is 6.92 Å². The molecule has 1 aromatic rings. The Morgan fingerprint density at radius 3 is 2.82 bits per heavy atom. The zero-order chi connectivity index (χ0) is 16.3. The van der Waals surface area contributed by atoms with E-state index >= 15 is 0 Å². The van der Waals surface area contributed by atoms with Crippen LogP contribution in [0.5, 0.6) is 5.75 Å². The lowest BCUT2D eigenvalue weighted by Gasteiger charge is -2.34. The van der Waals surface area contributed by atoms with Gasteiger partial charge in [0.15, 0.2) is 12.7 Å². The molecule has 1 N–H and O–H groups in total. The molecule has 1 aliphatic rings. The third kappa shape index (κ3) is 4.11. The summed E-state index contributed by atoms with van der Waals surface area (Å²) >= 11 is 5.86. The lowest BCUT2D eigenvalue weighted by atomic mass is 10.2. The molecule has 1 aromatic carbocycles. The molecule has 1 saturated heterocycles. The molecule has 1 unspecified atom stereocenters. The SMILES string of the molecule is Cc1cc(Cl)ccc1OCC(=O)N1CC(C(=O)O)O[C@H](C)C1. The van der Waals surface area contributed by atoms with Gasteiger partial charge in [0, 0.05) is 11.6 Å². The summed E-state index contributed by atoms with van der Waals surface area (Å²) in [5, 5.41) is 9.62. The first kappa shape index (κ1) is 16.6. The smallest absolute Gasteiger partial charge is 0.334 e. The molecule has 1 fully saturated rings. The van der Waals surface area contributed by atoms with Crippen LogP contribution in [0.4, 0.5) is 0 Å². The zero-order valence-corrected chi connectivity index (χ0v) is 13.2. The van der Waals surface area contributed by atoms with Gasteiger partial charge in [0.05, 0.1) is 12.6 Å². The molecule has 6 nitrogen and oxygen atoms in total. The van der Waals surface area contributed by atoms with Gasteiger partial charge in [-0.05, 0) is 37.6 Å². The summed E-state index contributed by atoms with van der Waals surface area (Å²) in [6.45, 7) is 3.80. The van der Waals surface area contributed by atoms with Gasteiger partial charge in [-0.3, -0.25) is 4.79 Å². The molecular weight excluding hydrogens is 310 g/mol. The summed E-state index contributed by atoms with van der Waals surface area (Å²) < 4.78 is 10.8. The van der Waals surface area contributed by atoms with Crippen LogP contribution < -0.4 is 4.74 Å². The van der Waals surface area contributed by atoms with E-state index in [-0.39, 0.29) is 25.2 Å². The van der Waals surface area contributed by atoms with E-state index in [0.29, 0.717) is 17.3 Å². The Kier molecular flexibility index (Phi) is 5.26. The second-order valence-electron chi connectivity index (χ2n) is 5.27. The number of hydrogen-bond acceptors (Lipinski definition) is 4. The van der Waals surface area contributed by atoms with Crippen LogP contribution in [0.1, 0.15) is 12.5 Å². The van der Waals surface area contributed by atoms with Crippen LogP contribution in [-0.4, -0.2) is 53.8 Å². The molecular formula is C15H18ClNO5. The molecule has 1 amide bonds. The number of aliphatic carboxylic acids is 1. The van der Waals surface area contributed by atoms with Gasteiger partial charge in [-0.15, -0.1) is 0 Å². The van der Waals surface area contributed by atoms with Crippen LogP contribution in [0.2, 0.25) is 5.02 Å². The van der Waals surface area contributed by atoms with E-state index in [2.05, 4.69) is 0 Å². The summed E-state index contributed by atoms with van der Waals surface area (Å²) in [6, 6.07) is 5.14. The maximum absolute atomic E-state index is 12.2. The minimum Gasteiger partial charge on any atom is -0.483 e. The Morgan fingerprint density at radius 1 is 1.45 bits per heavy atom. The van der Waals surface area contributed by atoms with Crippen LogP contribution in [-0.2, 0) is 14.3 Å². The van der Waals surface area contributed by atoms with Crippen molar-refractivity contribution in [3.63, 3.8) is 0 Å². The standard InChI is InChI=1S/C15H18ClNO5/c1-9-5-11(16)3-4-12(9)21-8-14(18)17-6-10(2)22-13(7-17)15(19)20/h3-5,10,13H,6-8H2,1-2H3,(H,19,20)/t10-,13?/m1/s1. The maximum atomic E-state index is 12.2. The Bertz CT molecular complexity index is 577. The lowest BCUT2D eigenvalue weighted by Crippen LogP contribution is -2.52. The maximum Gasteiger partial charge on any atom is 0.334 e. The molecule has 1 aliphatic heterocycles. The van der Waals surface area contributed by atoms with Gasteiger partial charge in [-0.2, -0.15) is 0 Å². The van der Waals surface area contributed by atoms with Crippen molar-refractivity contribution >= 4 is 23.5 Å². The van der Waals surface area contributed by atoms with Gasteiger partial charge in [0.2, 0.25) is 0 Å². The van der Waals surface area contributed by atoms with E-state index in [0.717, 1.165) is 5.56 Å². The highest BCUT2D eigenvalue weighted by Crippen LogP contribution is 2.22. The van der Waals surface area contributed by atoms with E-state index in [1.807, 2.05) is 6.92 Å². The number of nitrogens with zero attached hydrogens (tertiary/aromatic N) is 1. The van der Waals surface area contributed by atoms with Crippen molar-refractivity contribution in [2.45, 2.75) is 26.1 Å². The number of aryl methyl sites for hydroxylation is 1. The molecule has 7 heteroatoms. The molecule has 120 valence electrons. The lowest BCUT2D eigenvalue weighted by molar-refractivity contribution is -0.167. The van der Waals surface area contributed by atoms with Crippen LogP contribution in [0.15, 0.2) is 18.2 Å². The van der Waals surface area contributed by atoms with Crippen molar-refractivity contribution < 1.29 is 24.2 Å². The summed E-state index contributed by atoms with van der Waals surface area (Å²) in [4.78, 5) is 24.7. The minimum absolute atomic E-state index is 0.0292. The largest absolute Gasteiger partial charge is 0.483 e. The van der Waals surface area contributed by atoms with E-state index < -0.39 is 12.1 Å². The topological polar surface area (TPSA) is 76.1 Å². The van der Waals surface area contributed by atoms with E-state index in [9.17, 15) is 9.59 Å². The Balaban J connectivity index is 1.95.